The van der Waals surface area contributed by atoms with Crippen LogP contribution in [-0.2, 0) is 5.41 Å². The summed E-state index contributed by atoms with van der Waals surface area (Å²) in [6.07, 6.45) is 4.45. The highest BCUT2D eigenvalue weighted by molar-refractivity contribution is 5.26. The molecule has 0 amide bonds. The van der Waals surface area contributed by atoms with Gasteiger partial charge in [-0.3, -0.25) is 0 Å². The highest BCUT2D eigenvalue weighted by Crippen LogP contribution is 2.32. The minimum atomic E-state index is 0.144. The van der Waals surface area contributed by atoms with E-state index in [4.69, 9.17) is 4.74 Å². The third-order valence-corrected chi connectivity index (χ3v) is 4.05. The molecule has 1 saturated carbocycles. The predicted molar refractivity (Wildman–Crippen MR) is 78.4 cm³/mol. The van der Waals surface area contributed by atoms with Crippen molar-refractivity contribution in [1.29, 1.82) is 0 Å². The SMILES string of the molecule is CC(C)(C)c1ccnc(OC2CC([N+](C)(C)C)C2)c1. The molecule has 2 rings (SSSR count). The zero-order valence-electron chi connectivity index (χ0n) is 13.1. The highest BCUT2D eigenvalue weighted by Gasteiger charge is 2.40. The minimum absolute atomic E-state index is 0.144. The maximum Gasteiger partial charge on any atom is 0.213 e. The molecule has 0 spiro atoms. The summed E-state index contributed by atoms with van der Waals surface area (Å²) in [4.78, 5) is 4.33. The molecule has 0 aliphatic heterocycles. The van der Waals surface area contributed by atoms with Crippen molar-refractivity contribution in [3.8, 4) is 5.88 Å². The standard InChI is InChI=1S/C16H27N2O/c1-16(2,3)12-7-8-17-15(9-12)19-14-10-13(11-14)18(4,5)6/h7-9,13-14H,10-11H2,1-6H3/q+1. The van der Waals surface area contributed by atoms with Crippen molar-refractivity contribution in [2.24, 2.45) is 0 Å². The molecular weight excluding hydrogens is 236 g/mol. The molecule has 0 unspecified atom stereocenters. The van der Waals surface area contributed by atoms with Gasteiger partial charge < -0.3 is 9.22 Å². The van der Waals surface area contributed by atoms with E-state index in [2.05, 4.69) is 59.0 Å². The minimum Gasteiger partial charge on any atom is -0.474 e. The van der Waals surface area contributed by atoms with Crippen molar-refractivity contribution >= 4 is 0 Å². The van der Waals surface area contributed by atoms with Crippen LogP contribution in [0.2, 0.25) is 0 Å². The molecule has 1 heterocycles. The van der Waals surface area contributed by atoms with Crippen molar-refractivity contribution in [2.75, 3.05) is 21.1 Å². The van der Waals surface area contributed by atoms with E-state index in [9.17, 15) is 0 Å². The maximum atomic E-state index is 5.99. The van der Waals surface area contributed by atoms with Gasteiger partial charge in [0.15, 0.2) is 0 Å². The fraction of sp³-hybridized carbons (Fsp3) is 0.688. The van der Waals surface area contributed by atoms with Gasteiger partial charge in [0.05, 0.1) is 27.2 Å². The van der Waals surface area contributed by atoms with Crippen LogP contribution >= 0.6 is 0 Å². The average molecular weight is 263 g/mol. The molecule has 1 aromatic rings. The lowest BCUT2D eigenvalue weighted by Gasteiger charge is -2.44. The monoisotopic (exact) mass is 263 g/mol. The van der Waals surface area contributed by atoms with Gasteiger partial charge in [0, 0.05) is 25.1 Å². The van der Waals surface area contributed by atoms with Crippen LogP contribution in [0, 0.1) is 0 Å². The third kappa shape index (κ3) is 3.47. The van der Waals surface area contributed by atoms with Gasteiger partial charge in [-0.2, -0.15) is 0 Å². The van der Waals surface area contributed by atoms with E-state index in [0.717, 1.165) is 29.2 Å². The van der Waals surface area contributed by atoms with Crippen LogP contribution in [0.1, 0.15) is 39.2 Å². The summed E-state index contributed by atoms with van der Waals surface area (Å²) >= 11 is 0. The first kappa shape index (κ1) is 14.3. The maximum absolute atomic E-state index is 5.99. The first-order chi connectivity index (χ1) is 8.66. The van der Waals surface area contributed by atoms with E-state index in [1.807, 2.05) is 6.20 Å². The first-order valence-corrected chi connectivity index (χ1v) is 7.10. The summed E-state index contributed by atoms with van der Waals surface area (Å²) in [6.45, 7) is 6.63. The quantitative estimate of drug-likeness (QED) is 0.782. The Labute approximate surface area is 117 Å². The highest BCUT2D eigenvalue weighted by atomic mass is 16.5. The van der Waals surface area contributed by atoms with Crippen LogP contribution < -0.4 is 4.74 Å². The van der Waals surface area contributed by atoms with Crippen molar-refractivity contribution in [2.45, 2.75) is 51.2 Å². The summed E-state index contributed by atoms with van der Waals surface area (Å²) in [7, 11) is 6.75. The number of hydrogen-bond acceptors (Lipinski definition) is 2. The van der Waals surface area contributed by atoms with Gasteiger partial charge in [0.25, 0.3) is 0 Å². The van der Waals surface area contributed by atoms with Crippen molar-refractivity contribution in [1.82, 2.24) is 4.98 Å². The summed E-state index contributed by atoms with van der Waals surface area (Å²) in [5.74, 6) is 0.775. The summed E-state index contributed by atoms with van der Waals surface area (Å²) < 4.78 is 7.01. The second-order valence-electron chi connectivity index (χ2n) is 7.61. The predicted octanol–water partition coefficient (Wildman–Crippen LogP) is 3.00. The fourth-order valence-corrected chi connectivity index (χ4v) is 2.38. The molecule has 1 fully saturated rings. The van der Waals surface area contributed by atoms with E-state index in [0.29, 0.717) is 6.10 Å². The Morgan fingerprint density at radius 2 is 1.84 bits per heavy atom. The fourth-order valence-electron chi connectivity index (χ4n) is 2.38. The van der Waals surface area contributed by atoms with Gasteiger partial charge in [-0.05, 0) is 17.0 Å². The van der Waals surface area contributed by atoms with Crippen molar-refractivity contribution < 1.29 is 9.22 Å². The lowest BCUT2D eigenvalue weighted by atomic mass is 9.86. The number of pyridine rings is 1. The number of quaternary nitrogens is 1. The number of aromatic nitrogens is 1. The second kappa shape index (κ2) is 4.78. The number of hydrogen-bond donors (Lipinski definition) is 0. The lowest BCUT2D eigenvalue weighted by Crippen LogP contribution is -2.55. The van der Waals surface area contributed by atoms with Crippen LogP contribution in [0.4, 0.5) is 0 Å². The average Bonchev–Trinajstić information content (AvgIpc) is 2.20. The molecule has 3 nitrogen and oxygen atoms in total. The topological polar surface area (TPSA) is 22.1 Å². The summed E-state index contributed by atoms with van der Waals surface area (Å²) in [6, 6.07) is 4.87. The molecule has 1 aliphatic rings. The third-order valence-electron chi connectivity index (χ3n) is 4.05. The summed E-state index contributed by atoms with van der Waals surface area (Å²) in [5.41, 5.74) is 1.42. The second-order valence-corrected chi connectivity index (χ2v) is 7.61. The molecule has 0 N–H and O–H groups in total. The lowest BCUT2D eigenvalue weighted by molar-refractivity contribution is -0.903. The Bertz CT molecular complexity index is 437. The Kier molecular flexibility index (Phi) is 3.61. The summed E-state index contributed by atoms with van der Waals surface area (Å²) in [5, 5.41) is 0. The molecule has 1 aliphatic carbocycles. The first-order valence-electron chi connectivity index (χ1n) is 7.10. The number of nitrogens with zero attached hydrogens (tertiary/aromatic N) is 2. The molecule has 106 valence electrons. The number of rotatable bonds is 3. The van der Waals surface area contributed by atoms with Gasteiger partial charge in [0.2, 0.25) is 5.88 Å². The Morgan fingerprint density at radius 3 is 2.37 bits per heavy atom. The molecule has 19 heavy (non-hydrogen) atoms. The van der Waals surface area contributed by atoms with Crippen molar-refractivity contribution in [3.63, 3.8) is 0 Å². The largest absolute Gasteiger partial charge is 0.474 e. The van der Waals surface area contributed by atoms with Crippen molar-refractivity contribution in [3.05, 3.63) is 23.9 Å². The number of ether oxygens (including phenoxy) is 1. The molecule has 0 saturated heterocycles. The van der Waals surface area contributed by atoms with E-state index in [-0.39, 0.29) is 5.41 Å². The van der Waals surface area contributed by atoms with Crippen LogP contribution in [-0.4, -0.2) is 42.8 Å². The molecular formula is C16H27N2O+. The molecule has 0 atom stereocenters. The van der Waals surface area contributed by atoms with Gasteiger partial charge in [-0.1, -0.05) is 20.8 Å². The van der Waals surface area contributed by atoms with Crippen LogP contribution in [0.3, 0.4) is 0 Å². The molecule has 1 aromatic heterocycles. The van der Waals surface area contributed by atoms with E-state index < -0.39 is 0 Å². The zero-order chi connectivity index (χ0) is 14.3. The molecule has 0 aromatic carbocycles. The van der Waals surface area contributed by atoms with Gasteiger partial charge in [0.1, 0.15) is 6.10 Å². The smallest absolute Gasteiger partial charge is 0.213 e. The van der Waals surface area contributed by atoms with Gasteiger partial charge in [-0.25, -0.2) is 4.98 Å². The normalized spacial score (nSPS) is 23.9. The molecule has 0 radical (unpaired) electrons. The Hall–Kier alpha value is -1.09. The Morgan fingerprint density at radius 1 is 1.21 bits per heavy atom. The van der Waals surface area contributed by atoms with Crippen LogP contribution in [0.15, 0.2) is 18.3 Å². The molecule has 0 bridgehead atoms. The zero-order valence-corrected chi connectivity index (χ0v) is 13.1. The van der Waals surface area contributed by atoms with Gasteiger partial charge in [-0.15, -0.1) is 0 Å². The van der Waals surface area contributed by atoms with E-state index >= 15 is 0 Å². The van der Waals surface area contributed by atoms with Crippen LogP contribution in [0.5, 0.6) is 5.88 Å². The van der Waals surface area contributed by atoms with E-state index in [1.165, 1.54) is 5.56 Å². The molecule has 3 heteroatoms. The van der Waals surface area contributed by atoms with E-state index in [1.54, 1.807) is 0 Å². The Balaban J connectivity index is 1.95. The van der Waals surface area contributed by atoms with Crippen LogP contribution in [0.25, 0.3) is 0 Å². The van der Waals surface area contributed by atoms with Gasteiger partial charge >= 0.3 is 0 Å².